The molecule has 0 unspecified atom stereocenters. The Morgan fingerprint density at radius 3 is 2.42 bits per heavy atom. The monoisotopic (exact) mass is 621 g/mol. The van der Waals surface area contributed by atoms with E-state index in [9.17, 15) is 13.2 Å². The summed E-state index contributed by atoms with van der Waals surface area (Å²) in [4.78, 5) is 19.6. The summed E-state index contributed by atoms with van der Waals surface area (Å²) in [5.41, 5.74) is 5.99. The number of hydrazone groups is 1. The Labute approximate surface area is 256 Å². The Bertz CT molecular complexity index is 1720. The van der Waals surface area contributed by atoms with E-state index in [1.807, 2.05) is 32.0 Å². The van der Waals surface area contributed by atoms with Gasteiger partial charge in [-0.15, -0.1) is 0 Å². The Morgan fingerprint density at radius 1 is 1.02 bits per heavy atom. The van der Waals surface area contributed by atoms with Crippen molar-refractivity contribution >= 4 is 55.6 Å². The average molecular weight is 622 g/mol. The van der Waals surface area contributed by atoms with Crippen LogP contribution in [0.1, 0.15) is 37.0 Å². The Hall–Kier alpha value is -4.03. The summed E-state index contributed by atoms with van der Waals surface area (Å²) < 4.78 is 36.5. The van der Waals surface area contributed by atoms with Gasteiger partial charge in [0.15, 0.2) is 11.5 Å². The molecule has 1 N–H and O–H groups in total. The molecule has 12 heteroatoms. The number of ether oxygens (including phenoxy) is 2. The number of nitrogens with one attached hydrogen (secondary N) is 1. The van der Waals surface area contributed by atoms with Crippen LogP contribution in [0.5, 0.6) is 11.5 Å². The largest absolute Gasteiger partial charge is 0.493 e. The molecule has 3 aromatic rings. The van der Waals surface area contributed by atoms with E-state index in [1.165, 1.54) is 16.8 Å². The highest BCUT2D eigenvalue weighted by atomic mass is 32.2. The number of anilines is 2. The number of fused-ring (bicyclic) bond motifs is 1. The predicted octanol–water partition coefficient (Wildman–Crippen LogP) is 5.89. The van der Waals surface area contributed by atoms with Gasteiger partial charge < -0.3 is 14.4 Å². The predicted molar refractivity (Wildman–Crippen MR) is 174 cm³/mol. The quantitative estimate of drug-likeness (QED) is 0.259. The van der Waals surface area contributed by atoms with Crippen molar-refractivity contribution < 1.29 is 22.7 Å². The molecule has 1 amide bonds. The van der Waals surface area contributed by atoms with Gasteiger partial charge >= 0.3 is 5.24 Å². The molecule has 0 fully saturated rings. The van der Waals surface area contributed by atoms with Gasteiger partial charge in [-0.3, -0.25) is 9.52 Å². The number of aryl methyl sites for hydroxylation is 1. The van der Waals surface area contributed by atoms with Gasteiger partial charge in [0.25, 0.3) is 0 Å². The first-order valence-corrected chi connectivity index (χ1v) is 16.4. The number of thioether (sulfide) groups is 1. The van der Waals surface area contributed by atoms with Crippen molar-refractivity contribution in [1.82, 2.24) is 5.01 Å². The first kappa shape index (κ1) is 30.4. The summed E-state index contributed by atoms with van der Waals surface area (Å²) >= 11 is 1.27. The highest BCUT2D eigenvalue weighted by molar-refractivity contribution is 8.15. The molecule has 0 radical (unpaired) electrons. The molecule has 2 aliphatic rings. The number of amidine groups is 1. The van der Waals surface area contributed by atoms with Gasteiger partial charge in [-0.2, -0.15) is 5.10 Å². The van der Waals surface area contributed by atoms with E-state index in [0.717, 1.165) is 59.6 Å². The summed E-state index contributed by atoms with van der Waals surface area (Å²) in [7, 11) is 1.48. The summed E-state index contributed by atoms with van der Waals surface area (Å²) in [5.74, 6) is 1.92. The summed E-state index contributed by atoms with van der Waals surface area (Å²) in [5, 5.41) is 5.95. The minimum atomic E-state index is -3.39. The molecule has 0 aromatic heterocycles. The molecule has 0 bridgehead atoms. The molecule has 0 saturated carbocycles. The van der Waals surface area contributed by atoms with Gasteiger partial charge in [-0.05, 0) is 92.4 Å². The second kappa shape index (κ2) is 11.9. The van der Waals surface area contributed by atoms with Crippen LogP contribution in [0.4, 0.5) is 21.9 Å². The molecular weight excluding hydrogens is 587 g/mol. The Kier molecular flexibility index (Phi) is 8.44. The molecule has 2 heterocycles. The highest BCUT2D eigenvalue weighted by Gasteiger charge is 2.37. The minimum absolute atomic E-state index is 0.0752. The number of benzene rings is 3. The molecule has 43 heavy (non-hydrogen) atoms. The van der Waals surface area contributed by atoms with E-state index in [4.69, 9.17) is 14.5 Å². The van der Waals surface area contributed by atoms with Crippen LogP contribution in [0.3, 0.4) is 0 Å². The van der Waals surface area contributed by atoms with Gasteiger partial charge in [0, 0.05) is 30.5 Å². The summed E-state index contributed by atoms with van der Waals surface area (Å²) in [6.45, 7) is 4.78. The molecule has 2 aliphatic heterocycles. The van der Waals surface area contributed by atoms with Crippen molar-refractivity contribution in [3.05, 3.63) is 77.4 Å². The number of carbonyl (C=O) groups excluding carboxylic acids is 1. The highest BCUT2D eigenvalue weighted by Crippen LogP contribution is 2.38. The number of carbonyl (C=O) groups is 1. The van der Waals surface area contributed by atoms with Gasteiger partial charge in [0.05, 0.1) is 36.6 Å². The second-order valence-electron chi connectivity index (χ2n) is 10.9. The third kappa shape index (κ3) is 6.65. The molecule has 0 atom stereocenters. The number of aliphatic imine (C=N–C) groups is 1. The van der Waals surface area contributed by atoms with Crippen LogP contribution >= 0.6 is 11.8 Å². The third-order valence-electron chi connectivity index (χ3n) is 7.20. The van der Waals surface area contributed by atoms with Crippen molar-refractivity contribution in [2.24, 2.45) is 10.1 Å². The minimum Gasteiger partial charge on any atom is -0.493 e. The van der Waals surface area contributed by atoms with Crippen LogP contribution in [0, 0.1) is 0 Å². The fourth-order valence-electron chi connectivity index (χ4n) is 5.21. The number of rotatable bonds is 7. The molecule has 226 valence electrons. The van der Waals surface area contributed by atoms with E-state index in [0.29, 0.717) is 22.9 Å². The lowest BCUT2D eigenvalue weighted by Gasteiger charge is -2.35. The lowest BCUT2D eigenvalue weighted by Crippen LogP contribution is -2.40. The molecular formula is C31H35N5O5S2. The molecule has 3 aromatic carbocycles. The van der Waals surface area contributed by atoms with Crippen molar-refractivity contribution in [3.8, 4) is 11.5 Å². The Morgan fingerprint density at radius 2 is 1.74 bits per heavy atom. The van der Waals surface area contributed by atoms with Crippen molar-refractivity contribution in [3.63, 3.8) is 0 Å². The maximum atomic E-state index is 12.3. The van der Waals surface area contributed by atoms with Crippen molar-refractivity contribution in [1.29, 1.82) is 0 Å². The number of sulfonamides is 1. The lowest BCUT2D eigenvalue weighted by atomic mass is 9.93. The zero-order valence-corrected chi connectivity index (χ0v) is 26.7. The standard InChI is InChI=1S/C31H35N5O5S2/c1-31(2)28(33-35(3)30(37)42-31)21-9-15-25-20(18-21)8-7-17-36(25)29(22-10-16-26(40-4)27(19-22)41-5)32-23-11-13-24(14-12-23)34-43(6,38)39/h9-16,18-19,34H,7-8,17H2,1-6H3. The normalized spacial score (nSPS) is 16.8. The topological polar surface area (TPSA) is 113 Å². The molecule has 0 saturated heterocycles. The molecule has 10 nitrogen and oxygen atoms in total. The van der Waals surface area contributed by atoms with Gasteiger partial charge in [-0.25, -0.2) is 18.4 Å². The van der Waals surface area contributed by atoms with E-state index in [1.54, 1.807) is 45.5 Å². The number of methoxy groups -OCH3 is 2. The zero-order chi connectivity index (χ0) is 30.9. The van der Waals surface area contributed by atoms with Gasteiger partial charge in [0.1, 0.15) is 5.84 Å². The van der Waals surface area contributed by atoms with Crippen LogP contribution in [0.15, 0.2) is 70.8 Å². The zero-order valence-electron chi connectivity index (χ0n) is 25.0. The van der Waals surface area contributed by atoms with Gasteiger partial charge in [0.2, 0.25) is 10.0 Å². The van der Waals surface area contributed by atoms with Crippen LogP contribution < -0.4 is 19.1 Å². The first-order valence-electron chi connectivity index (χ1n) is 13.7. The second-order valence-corrected chi connectivity index (χ2v) is 14.2. The average Bonchev–Trinajstić information content (AvgIpc) is 2.96. The lowest BCUT2D eigenvalue weighted by molar-refractivity contribution is 0.234. The summed E-state index contributed by atoms with van der Waals surface area (Å²) in [6, 6.07) is 19.0. The molecule has 0 aliphatic carbocycles. The van der Waals surface area contributed by atoms with Crippen LogP contribution in [-0.4, -0.2) is 69.0 Å². The van der Waals surface area contributed by atoms with Crippen LogP contribution in [-0.2, 0) is 16.4 Å². The maximum Gasteiger partial charge on any atom is 0.302 e. The number of nitrogens with zero attached hydrogens (tertiary/aromatic N) is 4. The van der Waals surface area contributed by atoms with E-state index in [-0.39, 0.29) is 5.24 Å². The fourth-order valence-corrected chi connectivity index (χ4v) is 6.64. The molecule has 5 rings (SSSR count). The maximum absolute atomic E-state index is 12.3. The molecule has 0 spiro atoms. The third-order valence-corrected chi connectivity index (χ3v) is 8.95. The smallest absolute Gasteiger partial charge is 0.302 e. The number of hydrogen-bond acceptors (Lipinski definition) is 8. The van der Waals surface area contributed by atoms with Gasteiger partial charge in [-0.1, -0.05) is 17.8 Å². The SMILES string of the molecule is COc1ccc(C(=Nc2ccc(NS(C)(=O)=O)cc2)N2CCCc3cc(C4=NN(C)C(=O)SC4(C)C)ccc32)cc1OC. The van der Waals surface area contributed by atoms with E-state index < -0.39 is 14.8 Å². The van der Waals surface area contributed by atoms with Crippen molar-refractivity contribution in [2.75, 3.05) is 43.7 Å². The Balaban J connectivity index is 1.59. The van der Waals surface area contributed by atoms with E-state index in [2.05, 4.69) is 32.9 Å². The fraction of sp³-hybridized carbons (Fsp3) is 0.323. The first-order chi connectivity index (χ1) is 20.4. The van der Waals surface area contributed by atoms with E-state index >= 15 is 0 Å². The number of hydrogen-bond donors (Lipinski definition) is 1. The van der Waals surface area contributed by atoms with Crippen molar-refractivity contribution in [2.45, 2.75) is 31.4 Å². The van der Waals surface area contributed by atoms with Crippen LogP contribution in [0.25, 0.3) is 0 Å². The number of amides is 1. The van der Waals surface area contributed by atoms with Crippen LogP contribution in [0.2, 0.25) is 0 Å². The summed E-state index contributed by atoms with van der Waals surface area (Å²) in [6.07, 6.45) is 2.91.